The lowest BCUT2D eigenvalue weighted by molar-refractivity contribution is -0.161. The molecule has 18 heteroatoms. The topological polar surface area (TPSA) is 231 Å². The van der Waals surface area contributed by atoms with Crippen molar-refractivity contribution in [2.24, 2.45) is 0 Å². The van der Waals surface area contributed by atoms with E-state index < -0.39 is 91.5 Å². The van der Waals surface area contributed by atoms with E-state index in [0.29, 0.717) is 19.3 Å². The van der Waals surface area contributed by atoms with Crippen LogP contribution in [0.3, 0.4) is 0 Å². The van der Waals surface area contributed by atoms with E-state index in [1.54, 1.807) is 0 Å². The number of allylic oxidation sites excluding steroid dienone is 20. The molecule has 0 spiro atoms. The highest BCUT2D eigenvalue weighted by Gasteiger charge is 2.29. The quantitative estimate of drug-likeness (QED) is 0.0146. The van der Waals surface area contributed by atoms with Crippen LogP contribution in [0, 0.1) is 0 Å². The molecule has 0 aromatic heterocycles. The SMILES string of the molecule is CC/C=C\C/C=C\C/C=C\C/C=C\C/C=C\C/C=C\CCCCCCCCCCCCCCCCC(=O)OCC(O)COP(=O)(O)OCC(O)COP(=O)(O)OCC(COC(=O)CCCCCCCCCCC/C=C\C/C=C\C/C=C\C/C=C\CCCCC)OC(=O)CCCCCCCCCCCCCCCCC. The number of rotatable bonds is 83. The van der Waals surface area contributed by atoms with Gasteiger partial charge in [0.15, 0.2) is 6.10 Å². The Morgan fingerprint density at radius 3 is 0.789 bits per heavy atom. The summed E-state index contributed by atoms with van der Waals surface area (Å²) in [6.07, 6.45) is 101. The number of aliphatic hydroxyl groups is 2. The number of carbonyl (C=O) groups excluding carboxylic acids is 3. The van der Waals surface area contributed by atoms with Crippen LogP contribution in [0.5, 0.6) is 0 Å². The summed E-state index contributed by atoms with van der Waals surface area (Å²) in [6.45, 7) is 2.59. The van der Waals surface area contributed by atoms with Crippen molar-refractivity contribution in [2.75, 3.05) is 39.6 Å². The fourth-order valence-electron chi connectivity index (χ4n) is 12.0. The van der Waals surface area contributed by atoms with Crippen molar-refractivity contribution in [2.45, 2.75) is 399 Å². The van der Waals surface area contributed by atoms with E-state index in [-0.39, 0.29) is 19.3 Å². The van der Waals surface area contributed by atoms with Gasteiger partial charge in [-0.1, -0.05) is 367 Å². The Kier molecular flexibility index (Phi) is 80.3. The molecular formula is C91H160O16P2. The molecule has 0 amide bonds. The molecule has 0 rings (SSSR count). The average molecular weight is 1570 g/mol. The molecule has 16 nitrogen and oxygen atoms in total. The summed E-state index contributed by atoms with van der Waals surface area (Å²) < 4.78 is 61.3. The molecule has 0 aliphatic carbocycles. The third-order valence-corrected chi connectivity index (χ3v) is 20.6. The van der Waals surface area contributed by atoms with E-state index in [9.17, 15) is 43.5 Å². The number of carbonyl (C=O) groups is 3. The molecule has 0 saturated carbocycles. The predicted octanol–water partition coefficient (Wildman–Crippen LogP) is 26.4. The van der Waals surface area contributed by atoms with E-state index in [1.807, 2.05) is 0 Å². The normalized spacial score (nSPS) is 14.4. The molecule has 109 heavy (non-hydrogen) atoms. The molecule has 0 aliphatic heterocycles. The first kappa shape index (κ1) is 105. The summed E-state index contributed by atoms with van der Waals surface area (Å²) in [4.78, 5) is 58.8. The fraction of sp³-hybridized carbons (Fsp3) is 0.747. The molecule has 5 atom stereocenters. The van der Waals surface area contributed by atoms with Gasteiger partial charge in [-0.2, -0.15) is 0 Å². The Morgan fingerprint density at radius 1 is 0.266 bits per heavy atom. The monoisotopic (exact) mass is 1570 g/mol. The van der Waals surface area contributed by atoms with Crippen LogP contribution in [0.15, 0.2) is 122 Å². The number of phosphoric acid groups is 2. The highest BCUT2D eigenvalue weighted by atomic mass is 31.2. The number of hydrogen-bond acceptors (Lipinski definition) is 14. The Morgan fingerprint density at radius 2 is 0.486 bits per heavy atom. The van der Waals surface area contributed by atoms with Crippen molar-refractivity contribution in [3.05, 3.63) is 122 Å². The van der Waals surface area contributed by atoms with Crippen molar-refractivity contribution < 1.29 is 75.8 Å². The first-order valence-electron chi connectivity index (χ1n) is 43.8. The van der Waals surface area contributed by atoms with Crippen molar-refractivity contribution in [1.82, 2.24) is 0 Å². The van der Waals surface area contributed by atoms with E-state index in [4.69, 9.17) is 32.3 Å². The lowest BCUT2D eigenvalue weighted by Crippen LogP contribution is -2.30. The van der Waals surface area contributed by atoms with Gasteiger partial charge >= 0.3 is 33.6 Å². The summed E-state index contributed by atoms with van der Waals surface area (Å²) in [7, 11) is -9.79. The van der Waals surface area contributed by atoms with E-state index in [1.165, 1.54) is 180 Å². The van der Waals surface area contributed by atoms with Gasteiger partial charge in [0, 0.05) is 19.3 Å². The van der Waals surface area contributed by atoms with Crippen LogP contribution in [0.1, 0.15) is 380 Å². The summed E-state index contributed by atoms with van der Waals surface area (Å²) in [5.74, 6) is -1.56. The van der Waals surface area contributed by atoms with Crippen LogP contribution in [0.4, 0.5) is 0 Å². The molecule has 0 fully saturated rings. The van der Waals surface area contributed by atoms with Gasteiger partial charge in [-0.15, -0.1) is 0 Å². The lowest BCUT2D eigenvalue weighted by Gasteiger charge is -2.21. The lowest BCUT2D eigenvalue weighted by atomic mass is 10.0. The van der Waals surface area contributed by atoms with Gasteiger partial charge in [0.05, 0.1) is 26.4 Å². The molecular weight excluding hydrogens is 1410 g/mol. The van der Waals surface area contributed by atoms with Crippen LogP contribution >= 0.6 is 15.6 Å². The number of aliphatic hydroxyl groups excluding tert-OH is 2. The molecule has 0 bridgehead atoms. The number of phosphoric ester groups is 2. The standard InChI is InChI=1S/C91H160O16P2/c1-4-7-10-13-16-19-22-25-28-30-32-34-36-38-39-40-41-42-43-44-45-47-49-50-52-54-57-59-62-65-68-71-74-77-89(94)101-80-86(92)81-103-108(97,98)104-82-87(93)83-105-109(99,100)106-85-88(107-91(96)79-76-73-70-67-64-61-56-27-24-21-18-15-12-9-6-3)84-102-90(95)78-75-72-69-66-63-60-58-55-53-51-48-46-37-35-33-31-29-26-23-20-17-14-11-8-5-2/h7,10,16-17,19-20,25-26,28-29,32-35,38-39,41-42,46,48,86-88,92-93H,4-6,8-9,11-15,18,21-24,27,30-31,36-37,40,43-45,47,49-85H2,1-3H3,(H,97,98)(H,99,100)/b10-7-,19-16-,20-17-,28-25-,29-26-,34-32-,35-33-,39-38-,42-41-,48-46-. The van der Waals surface area contributed by atoms with Crippen LogP contribution in [-0.4, -0.2) is 95.9 Å². The number of esters is 3. The molecule has 0 aromatic rings. The predicted molar refractivity (Wildman–Crippen MR) is 454 cm³/mol. The van der Waals surface area contributed by atoms with Crippen LogP contribution in [0.2, 0.25) is 0 Å². The maximum absolute atomic E-state index is 13.0. The smallest absolute Gasteiger partial charge is 0.463 e. The van der Waals surface area contributed by atoms with Crippen LogP contribution in [-0.2, 0) is 55.8 Å². The first-order valence-corrected chi connectivity index (χ1v) is 46.8. The molecule has 0 radical (unpaired) electrons. The van der Waals surface area contributed by atoms with Gasteiger partial charge in [-0.25, -0.2) is 9.13 Å². The van der Waals surface area contributed by atoms with Gasteiger partial charge in [0.2, 0.25) is 0 Å². The second-order valence-electron chi connectivity index (χ2n) is 29.3. The van der Waals surface area contributed by atoms with Gasteiger partial charge in [-0.3, -0.25) is 32.5 Å². The van der Waals surface area contributed by atoms with Crippen LogP contribution < -0.4 is 0 Å². The van der Waals surface area contributed by atoms with Crippen molar-refractivity contribution in [1.29, 1.82) is 0 Å². The number of ether oxygens (including phenoxy) is 3. The molecule has 5 unspecified atom stereocenters. The average Bonchev–Trinajstić information content (AvgIpc) is 0.903. The zero-order valence-electron chi connectivity index (χ0n) is 69.2. The summed E-state index contributed by atoms with van der Waals surface area (Å²) in [5, 5.41) is 20.7. The summed E-state index contributed by atoms with van der Waals surface area (Å²) in [5.41, 5.74) is 0. The zero-order valence-corrected chi connectivity index (χ0v) is 71.0. The second kappa shape index (κ2) is 83.4. The van der Waals surface area contributed by atoms with E-state index in [2.05, 4.69) is 142 Å². The Hall–Kier alpha value is -4.05. The van der Waals surface area contributed by atoms with Gasteiger partial charge in [0.1, 0.15) is 25.4 Å². The Bertz CT molecular complexity index is 2460. The van der Waals surface area contributed by atoms with Crippen molar-refractivity contribution in [3.8, 4) is 0 Å². The van der Waals surface area contributed by atoms with E-state index >= 15 is 0 Å². The second-order valence-corrected chi connectivity index (χ2v) is 32.2. The van der Waals surface area contributed by atoms with E-state index in [0.717, 1.165) is 141 Å². The minimum Gasteiger partial charge on any atom is -0.463 e. The molecule has 0 aliphatic rings. The molecule has 0 aromatic carbocycles. The third kappa shape index (κ3) is 84.7. The Labute approximate surface area is 665 Å². The molecule has 630 valence electrons. The molecule has 4 N–H and O–H groups in total. The fourth-order valence-corrected chi connectivity index (χ4v) is 13.6. The number of unbranched alkanes of at least 4 members (excludes halogenated alkanes) is 40. The molecule has 0 saturated heterocycles. The minimum absolute atomic E-state index is 0.107. The van der Waals surface area contributed by atoms with Gasteiger partial charge in [0.25, 0.3) is 0 Å². The highest BCUT2D eigenvalue weighted by Crippen LogP contribution is 2.45. The van der Waals surface area contributed by atoms with Gasteiger partial charge in [-0.05, 0) is 116 Å². The highest BCUT2D eigenvalue weighted by molar-refractivity contribution is 7.47. The minimum atomic E-state index is -4.93. The van der Waals surface area contributed by atoms with Gasteiger partial charge < -0.3 is 34.2 Å². The zero-order chi connectivity index (χ0) is 79.4. The Balaban J connectivity index is 4.47. The van der Waals surface area contributed by atoms with Crippen LogP contribution in [0.25, 0.3) is 0 Å². The number of hydrogen-bond donors (Lipinski definition) is 4. The first-order chi connectivity index (χ1) is 53.2. The third-order valence-electron chi connectivity index (χ3n) is 18.7. The summed E-state index contributed by atoms with van der Waals surface area (Å²) >= 11 is 0. The molecule has 0 heterocycles. The van der Waals surface area contributed by atoms with Crippen molar-refractivity contribution in [3.63, 3.8) is 0 Å². The largest absolute Gasteiger partial charge is 0.472 e. The maximum Gasteiger partial charge on any atom is 0.472 e. The van der Waals surface area contributed by atoms with Crippen molar-refractivity contribution >= 4 is 33.6 Å². The maximum atomic E-state index is 13.0. The summed E-state index contributed by atoms with van der Waals surface area (Å²) in [6, 6.07) is 0.